The molecule has 1 N–H and O–H groups in total. The van der Waals surface area contributed by atoms with Gasteiger partial charge >= 0.3 is 0 Å². The average molecular weight is 352 g/mol. The summed E-state index contributed by atoms with van der Waals surface area (Å²) in [5.41, 5.74) is 2.97. The van der Waals surface area contributed by atoms with Gasteiger partial charge < -0.3 is 19.3 Å². The maximum absolute atomic E-state index is 10.7. The van der Waals surface area contributed by atoms with E-state index in [1.807, 2.05) is 37.4 Å². The van der Waals surface area contributed by atoms with Gasteiger partial charge in [-0.05, 0) is 42.5 Å². The van der Waals surface area contributed by atoms with Gasteiger partial charge in [-0.15, -0.1) is 0 Å². The Morgan fingerprint density at radius 2 is 1.88 bits per heavy atom. The molecule has 4 rings (SSSR count). The van der Waals surface area contributed by atoms with Crippen molar-refractivity contribution in [3.8, 4) is 5.75 Å². The first-order valence-corrected chi connectivity index (χ1v) is 9.01. The first-order chi connectivity index (χ1) is 12.7. The van der Waals surface area contributed by atoms with Crippen molar-refractivity contribution in [1.82, 2.24) is 14.5 Å². The van der Waals surface area contributed by atoms with Crippen LogP contribution >= 0.6 is 0 Å². The molecule has 136 valence electrons. The number of aromatic nitrogens is 3. The molecule has 0 radical (unpaired) electrons. The van der Waals surface area contributed by atoms with Gasteiger partial charge in [0.1, 0.15) is 11.3 Å². The normalized spacial score (nSPS) is 16.8. The van der Waals surface area contributed by atoms with Crippen LogP contribution in [-0.2, 0) is 7.05 Å². The van der Waals surface area contributed by atoms with Crippen molar-refractivity contribution in [2.45, 2.75) is 18.9 Å². The summed E-state index contributed by atoms with van der Waals surface area (Å²) in [5.74, 6) is 2.05. The SMILES string of the molecule is COc1ccc(C(O)C2CCN(c3nc4cnccc4n3C)CC2)cc1. The fourth-order valence-corrected chi connectivity index (χ4v) is 3.81. The second kappa shape index (κ2) is 6.96. The number of imidazole rings is 1. The quantitative estimate of drug-likeness (QED) is 0.782. The van der Waals surface area contributed by atoms with E-state index in [4.69, 9.17) is 9.72 Å². The molecule has 0 spiro atoms. The molecule has 6 nitrogen and oxygen atoms in total. The zero-order valence-corrected chi connectivity index (χ0v) is 15.2. The molecule has 3 aromatic rings. The first kappa shape index (κ1) is 16.8. The van der Waals surface area contributed by atoms with Crippen LogP contribution in [0.3, 0.4) is 0 Å². The van der Waals surface area contributed by atoms with Gasteiger partial charge in [-0.2, -0.15) is 0 Å². The number of methoxy groups -OCH3 is 1. The van der Waals surface area contributed by atoms with Crippen LogP contribution in [0.25, 0.3) is 11.0 Å². The van der Waals surface area contributed by atoms with Crippen LogP contribution in [0, 0.1) is 5.92 Å². The standard InChI is InChI=1S/C20H24N4O2/c1-23-18-7-10-21-13-17(18)22-20(23)24-11-8-15(9-12-24)19(25)14-3-5-16(26-2)6-4-14/h3-7,10,13,15,19,25H,8-9,11-12H2,1-2H3. The molecule has 6 heteroatoms. The fourth-order valence-electron chi connectivity index (χ4n) is 3.81. The number of hydrogen-bond donors (Lipinski definition) is 1. The van der Waals surface area contributed by atoms with Crippen LogP contribution in [-0.4, -0.2) is 39.8 Å². The number of rotatable bonds is 4. The number of ether oxygens (including phenoxy) is 1. The predicted molar refractivity (Wildman–Crippen MR) is 101 cm³/mol. The zero-order valence-electron chi connectivity index (χ0n) is 15.2. The molecule has 1 aliphatic rings. The number of piperidine rings is 1. The van der Waals surface area contributed by atoms with Gasteiger partial charge in [0.05, 0.1) is 24.9 Å². The average Bonchev–Trinajstić information content (AvgIpc) is 3.04. The van der Waals surface area contributed by atoms with Crippen molar-refractivity contribution < 1.29 is 9.84 Å². The number of hydrogen-bond acceptors (Lipinski definition) is 5. The van der Waals surface area contributed by atoms with Gasteiger partial charge in [0.2, 0.25) is 5.95 Å². The topological polar surface area (TPSA) is 63.4 Å². The minimum atomic E-state index is -0.437. The third-order valence-corrected chi connectivity index (χ3v) is 5.39. The molecule has 1 atom stereocenters. The molecule has 3 heterocycles. The third kappa shape index (κ3) is 3.01. The van der Waals surface area contributed by atoms with Crippen LogP contribution in [0.5, 0.6) is 5.75 Å². The highest BCUT2D eigenvalue weighted by molar-refractivity contribution is 5.77. The lowest BCUT2D eigenvalue weighted by Gasteiger charge is -2.35. The highest BCUT2D eigenvalue weighted by Gasteiger charge is 2.28. The summed E-state index contributed by atoms with van der Waals surface area (Å²) in [7, 11) is 3.70. The lowest BCUT2D eigenvalue weighted by Crippen LogP contribution is -2.37. The van der Waals surface area contributed by atoms with Crippen LogP contribution in [0.15, 0.2) is 42.7 Å². The number of benzene rings is 1. The Kier molecular flexibility index (Phi) is 4.51. The van der Waals surface area contributed by atoms with Crippen LogP contribution in [0.2, 0.25) is 0 Å². The van der Waals surface area contributed by atoms with Gasteiger partial charge in [-0.1, -0.05) is 12.1 Å². The Bertz CT molecular complexity index is 882. The van der Waals surface area contributed by atoms with E-state index in [2.05, 4.69) is 14.5 Å². The number of pyridine rings is 1. The molecule has 0 bridgehead atoms. The predicted octanol–water partition coefficient (Wildman–Crippen LogP) is 2.93. The van der Waals surface area contributed by atoms with E-state index < -0.39 is 6.10 Å². The van der Waals surface area contributed by atoms with Crippen molar-refractivity contribution in [3.63, 3.8) is 0 Å². The van der Waals surface area contributed by atoms with Crippen molar-refractivity contribution >= 4 is 17.0 Å². The van der Waals surface area contributed by atoms with Gasteiger partial charge in [0.15, 0.2) is 0 Å². The highest BCUT2D eigenvalue weighted by atomic mass is 16.5. The molecule has 0 saturated carbocycles. The van der Waals surface area contributed by atoms with Gasteiger partial charge in [-0.25, -0.2) is 4.98 Å². The summed E-state index contributed by atoms with van der Waals surface area (Å²) in [4.78, 5) is 11.2. The molecule has 1 fully saturated rings. The second-order valence-electron chi connectivity index (χ2n) is 6.88. The minimum absolute atomic E-state index is 0.260. The molecule has 1 saturated heterocycles. The van der Waals surface area contributed by atoms with Crippen molar-refractivity contribution in [1.29, 1.82) is 0 Å². The molecule has 0 amide bonds. The zero-order chi connectivity index (χ0) is 18.1. The number of aliphatic hydroxyl groups excluding tert-OH is 1. The first-order valence-electron chi connectivity index (χ1n) is 9.01. The van der Waals surface area contributed by atoms with Crippen molar-refractivity contribution in [2.24, 2.45) is 13.0 Å². The van der Waals surface area contributed by atoms with E-state index in [1.165, 1.54) is 0 Å². The van der Waals surface area contributed by atoms with Crippen LogP contribution < -0.4 is 9.64 Å². The molecule has 2 aromatic heterocycles. The maximum atomic E-state index is 10.7. The lowest BCUT2D eigenvalue weighted by molar-refractivity contribution is 0.0927. The van der Waals surface area contributed by atoms with E-state index >= 15 is 0 Å². The van der Waals surface area contributed by atoms with Crippen molar-refractivity contribution in [2.75, 3.05) is 25.1 Å². The Balaban J connectivity index is 1.45. The number of anilines is 1. The van der Waals surface area contributed by atoms with Crippen LogP contribution in [0.4, 0.5) is 5.95 Å². The second-order valence-corrected chi connectivity index (χ2v) is 6.88. The molecule has 1 unspecified atom stereocenters. The lowest BCUT2D eigenvalue weighted by atomic mass is 9.87. The van der Waals surface area contributed by atoms with Crippen molar-refractivity contribution in [3.05, 3.63) is 48.3 Å². The number of fused-ring (bicyclic) bond motifs is 1. The van der Waals surface area contributed by atoms with Gasteiger partial charge in [-0.3, -0.25) is 4.98 Å². The molecule has 26 heavy (non-hydrogen) atoms. The van der Waals surface area contributed by atoms with Gasteiger partial charge in [0.25, 0.3) is 0 Å². The number of nitrogens with zero attached hydrogens (tertiary/aromatic N) is 4. The molecule has 1 aromatic carbocycles. The summed E-state index contributed by atoms with van der Waals surface area (Å²) < 4.78 is 7.31. The smallest absolute Gasteiger partial charge is 0.206 e. The largest absolute Gasteiger partial charge is 0.497 e. The Hall–Kier alpha value is -2.60. The summed E-state index contributed by atoms with van der Waals surface area (Å²) in [5, 5.41) is 10.7. The molecular weight excluding hydrogens is 328 g/mol. The highest BCUT2D eigenvalue weighted by Crippen LogP contribution is 2.33. The van der Waals surface area contributed by atoms with Crippen LogP contribution in [0.1, 0.15) is 24.5 Å². The number of aryl methyl sites for hydroxylation is 1. The monoisotopic (exact) mass is 352 g/mol. The van der Waals surface area contributed by atoms with Gasteiger partial charge in [0, 0.05) is 26.3 Å². The summed E-state index contributed by atoms with van der Waals surface area (Å²) >= 11 is 0. The maximum Gasteiger partial charge on any atom is 0.206 e. The molecule has 1 aliphatic heterocycles. The van der Waals surface area contributed by atoms with E-state index in [0.29, 0.717) is 0 Å². The molecular formula is C20H24N4O2. The van der Waals surface area contributed by atoms with E-state index in [9.17, 15) is 5.11 Å². The summed E-state index contributed by atoms with van der Waals surface area (Å²) in [6.45, 7) is 1.78. The summed E-state index contributed by atoms with van der Waals surface area (Å²) in [6.07, 6.45) is 5.04. The molecule has 0 aliphatic carbocycles. The van der Waals surface area contributed by atoms with E-state index in [0.717, 1.165) is 54.2 Å². The Morgan fingerprint density at radius 3 is 2.54 bits per heavy atom. The Morgan fingerprint density at radius 1 is 1.15 bits per heavy atom. The minimum Gasteiger partial charge on any atom is -0.497 e. The Labute approximate surface area is 153 Å². The summed E-state index contributed by atoms with van der Waals surface area (Å²) in [6, 6.07) is 9.71. The number of aliphatic hydroxyl groups is 1. The van der Waals surface area contributed by atoms with E-state index in [-0.39, 0.29) is 5.92 Å². The van der Waals surface area contributed by atoms with E-state index in [1.54, 1.807) is 19.5 Å². The fraction of sp³-hybridized carbons (Fsp3) is 0.400. The third-order valence-electron chi connectivity index (χ3n) is 5.39.